The fourth-order valence-electron chi connectivity index (χ4n) is 4.56. The SMILES string of the molecule is O=C(CN(C(=O)Nc1ccc([N+](=O)[O-])cc1)C1CC1)N(CCc1c[nH]c2ccccc12)Cc1ccc(F)cc1. The number of H-pyrrole nitrogens is 1. The first kappa shape index (κ1) is 25.9. The Morgan fingerprint density at radius 1 is 1.03 bits per heavy atom. The number of nitrogens with one attached hydrogen (secondary N) is 2. The van der Waals surface area contributed by atoms with Crippen LogP contribution in [0.25, 0.3) is 10.9 Å². The van der Waals surface area contributed by atoms with Gasteiger partial charge in [-0.3, -0.25) is 14.9 Å². The first-order chi connectivity index (χ1) is 18.9. The van der Waals surface area contributed by atoms with Crippen LogP contribution in [0.2, 0.25) is 0 Å². The van der Waals surface area contributed by atoms with E-state index in [2.05, 4.69) is 10.3 Å². The van der Waals surface area contributed by atoms with E-state index in [1.807, 2.05) is 30.5 Å². The summed E-state index contributed by atoms with van der Waals surface area (Å²) in [5.74, 6) is -0.567. The molecule has 0 radical (unpaired) electrons. The molecule has 3 aromatic carbocycles. The van der Waals surface area contributed by atoms with Crippen molar-refractivity contribution in [2.24, 2.45) is 0 Å². The summed E-state index contributed by atoms with van der Waals surface area (Å²) in [5, 5.41) is 14.8. The Kier molecular flexibility index (Phi) is 7.53. The number of benzene rings is 3. The summed E-state index contributed by atoms with van der Waals surface area (Å²) in [6.07, 6.45) is 4.15. The van der Waals surface area contributed by atoms with E-state index >= 15 is 0 Å². The Bertz CT molecular complexity index is 1480. The lowest BCUT2D eigenvalue weighted by Crippen LogP contribution is -2.45. The summed E-state index contributed by atoms with van der Waals surface area (Å²) in [7, 11) is 0. The van der Waals surface area contributed by atoms with Crippen LogP contribution in [-0.2, 0) is 17.8 Å². The number of anilines is 1. The van der Waals surface area contributed by atoms with Crippen molar-refractivity contribution in [2.75, 3.05) is 18.4 Å². The van der Waals surface area contributed by atoms with Gasteiger partial charge in [0.2, 0.25) is 5.91 Å². The van der Waals surface area contributed by atoms with Gasteiger partial charge in [0.25, 0.3) is 5.69 Å². The number of non-ortho nitro benzene ring substituents is 1. The second-order valence-corrected chi connectivity index (χ2v) is 9.64. The van der Waals surface area contributed by atoms with E-state index in [1.54, 1.807) is 17.0 Å². The van der Waals surface area contributed by atoms with Gasteiger partial charge in [0, 0.05) is 54.1 Å². The van der Waals surface area contributed by atoms with E-state index in [9.17, 15) is 24.1 Å². The van der Waals surface area contributed by atoms with Crippen molar-refractivity contribution < 1.29 is 18.9 Å². The number of para-hydroxylation sites is 1. The van der Waals surface area contributed by atoms with E-state index < -0.39 is 11.0 Å². The highest BCUT2D eigenvalue weighted by Gasteiger charge is 2.35. The molecule has 4 aromatic rings. The van der Waals surface area contributed by atoms with Crippen LogP contribution in [0.4, 0.5) is 20.6 Å². The molecule has 39 heavy (non-hydrogen) atoms. The molecule has 0 aliphatic heterocycles. The molecule has 200 valence electrons. The van der Waals surface area contributed by atoms with E-state index in [-0.39, 0.29) is 36.5 Å². The minimum absolute atomic E-state index is 0.0479. The number of nitrogens with zero attached hydrogens (tertiary/aromatic N) is 3. The van der Waals surface area contributed by atoms with Gasteiger partial charge in [0.15, 0.2) is 0 Å². The zero-order chi connectivity index (χ0) is 27.4. The molecule has 1 saturated carbocycles. The van der Waals surface area contributed by atoms with Gasteiger partial charge in [-0.05, 0) is 60.7 Å². The van der Waals surface area contributed by atoms with Gasteiger partial charge in [-0.2, -0.15) is 0 Å². The van der Waals surface area contributed by atoms with Gasteiger partial charge in [-0.1, -0.05) is 30.3 Å². The molecule has 5 rings (SSSR count). The molecule has 1 aromatic heterocycles. The molecule has 2 N–H and O–H groups in total. The molecule has 10 heteroatoms. The standard InChI is InChI=1S/C29H28FN5O4/c30-22-7-5-20(6-8-22)18-33(16-15-21-17-31-27-4-2-1-3-26(21)27)28(36)19-34(24-13-14-24)29(37)32-23-9-11-25(12-10-23)35(38)39/h1-12,17,24,31H,13-16,18-19H2,(H,32,37). The minimum Gasteiger partial charge on any atom is -0.361 e. The van der Waals surface area contributed by atoms with Crippen molar-refractivity contribution in [1.82, 2.24) is 14.8 Å². The highest BCUT2D eigenvalue weighted by Crippen LogP contribution is 2.28. The Balaban J connectivity index is 1.30. The van der Waals surface area contributed by atoms with Gasteiger partial charge in [-0.15, -0.1) is 0 Å². The normalized spacial score (nSPS) is 12.7. The van der Waals surface area contributed by atoms with Gasteiger partial charge < -0.3 is 20.1 Å². The minimum atomic E-state index is -0.507. The summed E-state index contributed by atoms with van der Waals surface area (Å²) >= 11 is 0. The first-order valence-corrected chi connectivity index (χ1v) is 12.8. The number of aromatic nitrogens is 1. The Labute approximate surface area is 224 Å². The molecular formula is C29H28FN5O4. The quantitative estimate of drug-likeness (QED) is 0.209. The maximum Gasteiger partial charge on any atom is 0.322 e. The summed E-state index contributed by atoms with van der Waals surface area (Å²) < 4.78 is 13.5. The van der Waals surface area contributed by atoms with E-state index in [4.69, 9.17) is 0 Å². The van der Waals surface area contributed by atoms with Crippen LogP contribution in [0, 0.1) is 15.9 Å². The smallest absolute Gasteiger partial charge is 0.322 e. The lowest BCUT2D eigenvalue weighted by molar-refractivity contribution is -0.384. The second kappa shape index (κ2) is 11.3. The average molecular weight is 530 g/mol. The molecule has 1 aliphatic carbocycles. The largest absolute Gasteiger partial charge is 0.361 e. The lowest BCUT2D eigenvalue weighted by Gasteiger charge is -2.28. The number of fused-ring (bicyclic) bond motifs is 1. The number of carbonyl (C=O) groups is 2. The van der Waals surface area contributed by atoms with Crippen molar-refractivity contribution in [2.45, 2.75) is 31.8 Å². The van der Waals surface area contributed by atoms with Crippen molar-refractivity contribution in [3.63, 3.8) is 0 Å². The van der Waals surface area contributed by atoms with Crippen molar-refractivity contribution in [3.8, 4) is 0 Å². The van der Waals surface area contributed by atoms with Gasteiger partial charge in [0.1, 0.15) is 12.4 Å². The van der Waals surface area contributed by atoms with E-state index in [0.717, 1.165) is 34.9 Å². The van der Waals surface area contributed by atoms with Crippen molar-refractivity contribution in [1.29, 1.82) is 0 Å². The highest BCUT2D eigenvalue weighted by atomic mass is 19.1. The molecule has 0 spiro atoms. The topological polar surface area (TPSA) is 112 Å². The Morgan fingerprint density at radius 2 is 1.74 bits per heavy atom. The number of hydrogen-bond donors (Lipinski definition) is 2. The zero-order valence-corrected chi connectivity index (χ0v) is 21.2. The molecule has 0 bridgehead atoms. The van der Waals surface area contributed by atoms with Crippen molar-refractivity contribution >= 4 is 34.2 Å². The van der Waals surface area contributed by atoms with Gasteiger partial charge in [-0.25, -0.2) is 9.18 Å². The van der Waals surface area contributed by atoms with Crippen LogP contribution in [0.3, 0.4) is 0 Å². The Morgan fingerprint density at radius 3 is 2.44 bits per heavy atom. The number of nitro benzene ring substituents is 1. The van der Waals surface area contributed by atoms with Crippen LogP contribution in [-0.4, -0.2) is 50.8 Å². The predicted octanol–water partition coefficient (Wildman–Crippen LogP) is 5.48. The number of hydrogen-bond acceptors (Lipinski definition) is 4. The molecule has 0 unspecified atom stereocenters. The predicted molar refractivity (Wildman–Crippen MR) is 146 cm³/mol. The van der Waals surface area contributed by atoms with Crippen LogP contribution < -0.4 is 5.32 Å². The van der Waals surface area contributed by atoms with E-state index in [0.29, 0.717) is 18.7 Å². The first-order valence-electron chi connectivity index (χ1n) is 12.8. The monoisotopic (exact) mass is 529 g/mol. The second-order valence-electron chi connectivity index (χ2n) is 9.64. The molecule has 1 fully saturated rings. The van der Waals surface area contributed by atoms with Crippen molar-refractivity contribution in [3.05, 3.63) is 106 Å². The third kappa shape index (κ3) is 6.40. The summed E-state index contributed by atoms with van der Waals surface area (Å²) in [6, 6.07) is 19.1. The summed E-state index contributed by atoms with van der Waals surface area (Å²) in [6.45, 7) is 0.586. The molecule has 0 atom stereocenters. The van der Waals surface area contributed by atoms with Crippen LogP contribution in [0.15, 0.2) is 79.0 Å². The number of rotatable bonds is 10. The summed E-state index contributed by atoms with van der Waals surface area (Å²) in [4.78, 5) is 43.6. The lowest BCUT2D eigenvalue weighted by atomic mass is 10.1. The zero-order valence-electron chi connectivity index (χ0n) is 21.2. The highest BCUT2D eigenvalue weighted by molar-refractivity contribution is 5.93. The molecule has 9 nitrogen and oxygen atoms in total. The number of carbonyl (C=O) groups excluding carboxylic acids is 2. The van der Waals surface area contributed by atoms with E-state index in [1.165, 1.54) is 41.3 Å². The third-order valence-corrected chi connectivity index (χ3v) is 6.85. The number of aromatic amines is 1. The van der Waals surface area contributed by atoms with Gasteiger partial charge >= 0.3 is 6.03 Å². The average Bonchev–Trinajstić information content (AvgIpc) is 3.70. The van der Waals surface area contributed by atoms with Crippen LogP contribution in [0.1, 0.15) is 24.0 Å². The fourth-order valence-corrected chi connectivity index (χ4v) is 4.56. The number of amides is 3. The van der Waals surface area contributed by atoms with Gasteiger partial charge in [0.05, 0.1) is 4.92 Å². The van der Waals surface area contributed by atoms with Crippen LogP contribution >= 0.6 is 0 Å². The fraction of sp³-hybridized carbons (Fsp3) is 0.241. The third-order valence-electron chi connectivity index (χ3n) is 6.85. The molecule has 0 saturated heterocycles. The molecule has 1 aliphatic rings. The summed E-state index contributed by atoms with van der Waals surface area (Å²) in [5.41, 5.74) is 3.22. The maximum atomic E-state index is 13.6. The number of nitro groups is 1. The maximum absolute atomic E-state index is 13.6. The Hall–Kier alpha value is -4.73. The molecule has 3 amide bonds. The molecular weight excluding hydrogens is 501 g/mol. The number of halogens is 1. The van der Waals surface area contributed by atoms with Crippen LogP contribution in [0.5, 0.6) is 0 Å². The number of urea groups is 1. The molecule has 1 heterocycles.